The maximum Gasteiger partial charge on any atom is 0.232 e. The van der Waals surface area contributed by atoms with Gasteiger partial charge in [-0.2, -0.15) is 0 Å². The van der Waals surface area contributed by atoms with Gasteiger partial charge in [0.15, 0.2) is 0 Å². The van der Waals surface area contributed by atoms with Crippen LogP contribution >= 0.6 is 0 Å². The molecule has 0 heterocycles. The highest BCUT2D eigenvalue weighted by atomic mass is 16.5. The lowest BCUT2D eigenvalue weighted by Crippen LogP contribution is -2.47. The van der Waals surface area contributed by atoms with E-state index in [0.29, 0.717) is 6.42 Å². The van der Waals surface area contributed by atoms with E-state index < -0.39 is 15.2 Å². The second-order valence-corrected chi connectivity index (χ2v) is 8.99. The van der Waals surface area contributed by atoms with Crippen LogP contribution in [0.15, 0.2) is 0 Å². The topological polar surface area (TPSA) is 104 Å². The quantitative estimate of drug-likeness (QED) is 0.164. The Bertz CT molecular complexity index is 427. The van der Waals surface area contributed by atoms with Crippen molar-refractivity contribution in [2.75, 3.05) is 54.4 Å². The summed E-state index contributed by atoms with van der Waals surface area (Å²) in [6.45, 7) is 3.17. The number of hydroxylamine groups is 6. The predicted octanol–water partition coefficient (Wildman–Crippen LogP) is 2.51. The van der Waals surface area contributed by atoms with Crippen LogP contribution in [0.1, 0.15) is 64.7 Å². The highest BCUT2D eigenvalue weighted by Gasteiger charge is 2.26. The SMILES string of the molecule is CCCCCCCCCCC(C(=O)NCC[N+](C)(C)[O-])C(=O)NCC[N+](C)(C)[O-]. The fourth-order valence-corrected chi connectivity index (χ4v) is 3.01. The van der Waals surface area contributed by atoms with E-state index in [4.69, 9.17) is 0 Å². The molecule has 29 heavy (non-hydrogen) atoms. The standard InChI is InChI=1S/C21H44N4O4/c1-6-7-8-9-10-11-12-13-14-19(20(26)22-15-17-24(2,3)28)21(27)23-16-18-25(4,5)29/h19H,6-18H2,1-5H3,(H,22,26)(H,23,27). The Hall–Kier alpha value is -1.22. The monoisotopic (exact) mass is 416 g/mol. The van der Waals surface area contributed by atoms with Crippen molar-refractivity contribution in [2.24, 2.45) is 5.92 Å². The van der Waals surface area contributed by atoms with Gasteiger partial charge < -0.3 is 30.3 Å². The maximum absolute atomic E-state index is 12.5. The third-order valence-electron chi connectivity index (χ3n) is 4.88. The van der Waals surface area contributed by atoms with Gasteiger partial charge in [0, 0.05) is 0 Å². The molecule has 0 bridgehead atoms. The molecule has 0 aliphatic rings. The normalized spacial score (nSPS) is 12.3. The average Bonchev–Trinajstić information content (AvgIpc) is 2.58. The Morgan fingerprint density at radius 3 is 1.48 bits per heavy atom. The average molecular weight is 417 g/mol. The van der Waals surface area contributed by atoms with Gasteiger partial charge >= 0.3 is 0 Å². The number of nitrogens with zero attached hydrogens (tertiary/aromatic N) is 2. The number of likely N-dealkylation sites (N-methyl/N-ethyl adjacent to an activating group) is 2. The van der Waals surface area contributed by atoms with E-state index in [1.807, 2.05) is 0 Å². The summed E-state index contributed by atoms with van der Waals surface area (Å²) in [4.78, 5) is 25.0. The van der Waals surface area contributed by atoms with Gasteiger partial charge in [0.1, 0.15) is 5.92 Å². The van der Waals surface area contributed by atoms with Gasteiger partial charge in [-0.05, 0) is 6.42 Å². The van der Waals surface area contributed by atoms with Crippen molar-refractivity contribution in [3.63, 3.8) is 0 Å². The number of quaternary nitrogens is 2. The van der Waals surface area contributed by atoms with Gasteiger partial charge in [-0.1, -0.05) is 58.3 Å². The molecule has 0 aromatic heterocycles. The summed E-state index contributed by atoms with van der Waals surface area (Å²) in [6.07, 6.45) is 9.62. The van der Waals surface area contributed by atoms with Crippen molar-refractivity contribution in [2.45, 2.75) is 64.7 Å². The van der Waals surface area contributed by atoms with Gasteiger partial charge in [0.2, 0.25) is 11.8 Å². The Morgan fingerprint density at radius 2 is 1.10 bits per heavy atom. The summed E-state index contributed by atoms with van der Waals surface area (Å²) in [6, 6.07) is 0. The Kier molecular flexibility index (Phi) is 14.1. The summed E-state index contributed by atoms with van der Waals surface area (Å²) in [7, 11) is 6.05. The molecular weight excluding hydrogens is 372 g/mol. The van der Waals surface area contributed by atoms with Gasteiger partial charge in [0.25, 0.3) is 0 Å². The van der Waals surface area contributed by atoms with Gasteiger partial charge in [-0.25, -0.2) is 0 Å². The van der Waals surface area contributed by atoms with E-state index in [9.17, 15) is 20.0 Å². The number of carbonyl (C=O) groups is 2. The molecule has 0 rings (SSSR count). The van der Waals surface area contributed by atoms with Gasteiger partial charge in [0.05, 0.1) is 54.4 Å². The van der Waals surface area contributed by atoms with E-state index in [1.54, 1.807) is 0 Å². The lowest BCUT2D eigenvalue weighted by Gasteiger charge is -2.34. The molecule has 172 valence electrons. The van der Waals surface area contributed by atoms with Gasteiger partial charge in [-0.15, -0.1) is 0 Å². The first-order valence-corrected chi connectivity index (χ1v) is 11.1. The van der Waals surface area contributed by atoms with Crippen LogP contribution in [0.3, 0.4) is 0 Å². The zero-order valence-electron chi connectivity index (χ0n) is 19.3. The zero-order chi connectivity index (χ0) is 22.3. The summed E-state index contributed by atoms with van der Waals surface area (Å²) in [5, 5.41) is 28.7. The summed E-state index contributed by atoms with van der Waals surface area (Å²) < 4.78 is -0.989. The number of nitrogens with one attached hydrogen (secondary N) is 2. The first-order valence-electron chi connectivity index (χ1n) is 11.1. The molecule has 2 N–H and O–H groups in total. The molecule has 0 radical (unpaired) electrons. The zero-order valence-corrected chi connectivity index (χ0v) is 19.3. The predicted molar refractivity (Wildman–Crippen MR) is 117 cm³/mol. The fourth-order valence-electron chi connectivity index (χ4n) is 3.01. The molecule has 0 aliphatic heterocycles. The highest BCUT2D eigenvalue weighted by Crippen LogP contribution is 2.14. The van der Waals surface area contributed by atoms with Crippen LogP contribution in [0, 0.1) is 16.3 Å². The number of hydrogen-bond donors (Lipinski definition) is 2. The van der Waals surface area contributed by atoms with Crippen molar-refractivity contribution in [1.29, 1.82) is 0 Å². The molecule has 0 fully saturated rings. The largest absolute Gasteiger partial charge is 0.633 e. The third kappa shape index (κ3) is 17.4. The van der Waals surface area contributed by atoms with Crippen molar-refractivity contribution in [3.8, 4) is 0 Å². The molecule has 0 aliphatic carbocycles. The second kappa shape index (κ2) is 14.7. The minimum absolute atomic E-state index is 0.237. The molecule has 0 spiro atoms. The minimum Gasteiger partial charge on any atom is -0.633 e. The Morgan fingerprint density at radius 1 is 0.724 bits per heavy atom. The molecule has 8 nitrogen and oxygen atoms in total. The first kappa shape index (κ1) is 27.8. The van der Waals surface area contributed by atoms with Crippen LogP contribution in [0.25, 0.3) is 0 Å². The fraction of sp³-hybridized carbons (Fsp3) is 0.905. The van der Waals surface area contributed by atoms with Crippen molar-refractivity contribution >= 4 is 11.8 Å². The van der Waals surface area contributed by atoms with E-state index in [-0.39, 0.29) is 38.0 Å². The van der Waals surface area contributed by atoms with Crippen LogP contribution < -0.4 is 10.6 Å². The smallest absolute Gasteiger partial charge is 0.232 e. The van der Waals surface area contributed by atoms with E-state index in [1.165, 1.54) is 60.3 Å². The summed E-state index contributed by atoms with van der Waals surface area (Å²) in [5.74, 6) is -1.45. The van der Waals surface area contributed by atoms with Crippen molar-refractivity contribution in [1.82, 2.24) is 10.6 Å². The van der Waals surface area contributed by atoms with E-state index in [2.05, 4.69) is 17.6 Å². The lowest BCUT2D eigenvalue weighted by atomic mass is 9.98. The molecule has 0 atom stereocenters. The van der Waals surface area contributed by atoms with Crippen LogP contribution in [-0.2, 0) is 9.59 Å². The first-order chi connectivity index (χ1) is 13.5. The molecule has 0 unspecified atom stereocenters. The van der Waals surface area contributed by atoms with E-state index >= 15 is 0 Å². The molecule has 0 aromatic carbocycles. The Balaban J connectivity index is 4.46. The van der Waals surface area contributed by atoms with Crippen molar-refractivity contribution < 1.29 is 18.9 Å². The molecular formula is C21H44N4O4. The number of amides is 2. The summed E-state index contributed by atoms with van der Waals surface area (Å²) in [5.41, 5.74) is 0. The Labute approximate surface area is 177 Å². The number of unbranched alkanes of at least 4 members (excludes halogenated alkanes) is 7. The number of hydrogen-bond acceptors (Lipinski definition) is 4. The van der Waals surface area contributed by atoms with Crippen LogP contribution in [-0.4, -0.2) is 75.5 Å². The van der Waals surface area contributed by atoms with Crippen molar-refractivity contribution in [3.05, 3.63) is 10.4 Å². The lowest BCUT2D eigenvalue weighted by molar-refractivity contribution is -0.838. The minimum atomic E-state index is -0.778. The number of rotatable bonds is 17. The molecule has 0 saturated carbocycles. The van der Waals surface area contributed by atoms with Crippen LogP contribution in [0.2, 0.25) is 0 Å². The highest BCUT2D eigenvalue weighted by molar-refractivity contribution is 6.00. The molecule has 8 heteroatoms. The van der Waals surface area contributed by atoms with Crippen LogP contribution in [0.4, 0.5) is 0 Å². The van der Waals surface area contributed by atoms with Crippen LogP contribution in [0.5, 0.6) is 0 Å². The maximum atomic E-state index is 12.5. The van der Waals surface area contributed by atoms with Gasteiger partial charge in [-0.3, -0.25) is 9.59 Å². The second-order valence-electron chi connectivity index (χ2n) is 8.99. The molecule has 0 aromatic rings. The van der Waals surface area contributed by atoms with E-state index in [0.717, 1.165) is 19.3 Å². The third-order valence-corrected chi connectivity index (χ3v) is 4.88. The number of carbonyl (C=O) groups excluding carboxylic acids is 2. The summed E-state index contributed by atoms with van der Waals surface area (Å²) >= 11 is 0. The molecule has 2 amide bonds. The molecule has 0 saturated heterocycles.